The molecule has 0 spiro atoms. The van der Waals surface area contributed by atoms with E-state index in [1.807, 2.05) is 43.3 Å². The summed E-state index contributed by atoms with van der Waals surface area (Å²) in [5.41, 5.74) is 2.78. The van der Waals surface area contributed by atoms with E-state index in [-0.39, 0.29) is 23.8 Å². The molecule has 0 heterocycles. The van der Waals surface area contributed by atoms with Crippen molar-refractivity contribution in [2.24, 2.45) is 0 Å². The third-order valence-electron chi connectivity index (χ3n) is 7.18. The number of likely N-dealkylation sites (N-methyl/N-ethyl adjacent to an activating group) is 1. The van der Waals surface area contributed by atoms with Crippen LogP contribution in [0.3, 0.4) is 0 Å². The molecule has 1 N–H and O–H groups in total. The van der Waals surface area contributed by atoms with E-state index >= 15 is 0 Å². The Labute approximate surface area is 278 Å². The third kappa shape index (κ3) is 8.65. The number of halogens is 2. The molecule has 11 heteroatoms. The van der Waals surface area contributed by atoms with Crippen LogP contribution in [0.4, 0.5) is 5.69 Å². The molecule has 236 valence electrons. The summed E-state index contributed by atoms with van der Waals surface area (Å²) in [7, 11) is -2.77. The van der Waals surface area contributed by atoms with E-state index < -0.39 is 28.5 Å². The van der Waals surface area contributed by atoms with Crippen molar-refractivity contribution in [3.8, 4) is 5.75 Å². The first-order chi connectivity index (χ1) is 21.5. The van der Waals surface area contributed by atoms with Gasteiger partial charge in [-0.15, -0.1) is 0 Å². The van der Waals surface area contributed by atoms with Crippen LogP contribution >= 0.6 is 27.5 Å². The minimum Gasteiger partial charge on any atom is -0.496 e. The van der Waals surface area contributed by atoms with E-state index in [0.717, 1.165) is 15.4 Å². The minimum atomic E-state index is -4.26. The van der Waals surface area contributed by atoms with Gasteiger partial charge in [0, 0.05) is 24.5 Å². The van der Waals surface area contributed by atoms with E-state index in [2.05, 4.69) is 21.2 Å². The fourth-order valence-corrected chi connectivity index (χ4v) is 7.20. The molecule has 4 rings (SSSR count). The molecule has 0 aliphatic rings. The maximum Gasteiger partial charge on any atom is 0.264 e. The van der Waals surface area contributed by atoms with Gasteiger partial charge in [0.25, 0.3) is 10.0 Å². The monoisotopic (exact) mass is 711 g/mol. The molecule has 4 aromatic rings. The number of anilines is 1. The highest BCUT2D eigenvalue weighted by atomic mass is 79.9. The fourth-order valence-electron chi connectivity index (χ4n) is 4.85. The number of rotatable bonds is 13. The van der Waals surface area contributed by atoms with Crippen LogP contribution in [0.5, 0.6) is 5.75 Å². The minimum absolute atomic E-state index is 0.0316. The number of hydrogen-bond donors (Lipinski definition) is 1. The number of hydrogen-bond acceptors (Lipinski definition) is 5. The van der Waals surface area contributed by atoms with Crippen molar-refractivity contribution in [3.05, 3.63) is 123 Å². The maximum atomic E-state index is 14.4. The highest BCUT2D eigenvalue weighted by Gasteiger charge is 2.34. The van der Waals surface area contributed by atoms with Crippen molar-refractivity contribution in [2.45, 2.75) is 37.8 Å². The van der Waals surface area contributed by atoms with Gasteiger partial charge in [-0.05, 0) is 83.4 Å². The molecule has 0 saturated heterocycles. The Hall–Kier alpha value is -3.86. The summed E-state index contributed by atoms with van der Waals surface area (Å²) in [6.45, 7) is 3.53. The quantitative estimate of drug-likeness (QED) is 0.173. The van der Waals surface area contributed by atoms with Gasteiger partial charge in [0.15, 0.2) is 0 Å². The number of carbonyl (C=O) groups is 2. The average Bonchev–Trinajstić information content (AvgIpc) is 3.02. The predicted octanol–water partition coefficient (Wildman–Crippen LogP) is 6.39. The zero-order chi connectivity index (χ0) is 32.6. The summed E-state index contributed by atoms with van der Waals surface area (Å²) in [4.78, 5) is 29.4. The number of benzene rings is 4. The number of nitrogens with zero attached hydrogens (tertiary/aromatic N) is 2. The molecule has 0 fully saturated rings. The molecule has 4 aromatic carbocycles. The zero-order valence-electron chi connectivity index (χ0n) is 25.2. The second kappa shape index (κ2) is 15.4. The first-order valence-corrected chi connectivity index (χ1v) is 16.9. The molecule has 0 radical (unpaired) electrons. The molecule has 2 amide bonds. The van der Waals surface area contributed by atoms with Crippen LogP contribution in [0.15, 0.2) is 106 Å². The molecule has 0 aliphatic heterocycles. The van der Waals surface area contributed by atoms with Crippen LogP contribution < -0.4 is 14.4 Å². The topological polar surface area (TPSA) is 96.0 Å². The van der Waals surface area contributed by atoms with Gasteiger partial charge >= 0.3 is 0 Å². The lowest BCUT2D eigenvalue weighted by Crippen LogP contribution is -2.53. The molecule has 0 bridgehead atoms. The third-order valence-corrected chi connectivity index (χ3v) is 9.80. The first-order valence-electron chi connectivity index (χ1n) is 14.3. The summed E-state index contributed by atoms with van der Waals surface area (Å²) in [5.74, 6) is -0.440. The Morgan fingerprint density at radius 3 is 2.24 bits per heavy atom. The molecule has 0 aliphatic carbocycles. The fraction of sp³-hybridized carbons (Fsp3) is 0.235. The van der Waals surface area contributed by atoms with Crippen molar-refractivity contribution in [3.63, 3.8) is 0 Å². The summed E-state index contributed by atoms with van der Waals surface area (Å²) in [6, 6.07) is 26.8. The average molecular weight is 713 g/mol. The summed E-state index contributed by atoms with van der Waals surface area (Å²) in [5, 5.41) is 3.33. The van der Waals surface area contributed by atoms with Crippen LogP contribution in [-0.2, 0) is 32.6 Å². The molecule has 0 saturated carbocycles. The van der Waals surface area contributed by atoms with Crippen LogP contribution in [0.2, 0.25) is 5.02 Å². The zero-order valence-corrected chi connectivity index (χ0v) is 28.4. The van der Waals surface area contributed by atoms with Gasteiger partial charge < -0.3 is 15.0 Å². The number of carbonyl (C=O) groups excluding carboxylic acids is 2. The Morgan fingerprint density at radius 2 is 1.62 bits per heavy atom. The highest BCUT2D eigenvalue weighted by Crippen LogP contribution is 2.31. The predicted molar refractivity (Wildman–Crippen MR) is 181 cm³/mol. The Balaban J connectivity index is 1.81. The summed E-state index contributed by atoms with van der Waals surface area (Å²) < 4.78 is 35.3. The standard InChI is InChI=1S/C34H35BrClN3O5S/c1-4-37-34(41)31(20-25-9-6-5-7-10-25)38(22-26-11-8-12-27(36)19-26)33(40)23-39(28-15-13-24(2)14-16-28)45(42,43)29-17-18-32(44-3)30(35)21-29/h5-19,21,31H,4,20,22-23H2,1-3H3,(H,37,41)/t31-/m0/s1. The van der Waals surface area contributed by atoms with Crippen LogP contribution in [0.1, 0.15) is 23.6 Å². The number of aryl methyl sites for hydroxylation is 1. The number of amides is 2. The van der Waals surface area contributed by atoms with E-state index in [1.54, 1.807) is 55.5 Å². The number of nitrogens with one attached hydrogen (secondary N) is 1. The van der Waals surface area contributed by atoms with Crippen molar-refractivity contribution < 1.29 is 22.7 Å². The molecule has 8 nitrogen and oxygen atoms in total. The van der Waals surface area contributed by atoms with Gasteiger partial charge in [-0.3, -0.25) is 13.9 Å². The molecule has 45 heavy (non-hydrogen) atoms. The van der Waals surface area contributed by atoms with Crippen molar-refractivity contribution >= 4 is 55.1 Å². The van der Waals surface area contributed by atoms with Gasteiger partial charge in [-0.1, -0.05) is 71.8 Å². The molecular weight excluding hydrogens is 678 g/mol. The lowest BCUT2D eigenvalue weighted by atomic mass is 10.0. The summed E-state index contributed by atoms with van der Waals surface area (Å²) in [6.07, 6.45) is 0.224. The maximum absolute atomic E-state index is 14.4. The summed E-state index contributed by atoms with van der Waals surface area (Å²) >= 11 is 9.66. The van der Waals surface area contributed by atoms with Gasteiger partial charge in [0.2, 0.25) is 11.8 Å². The normalized spacial score (nSPS) is 11.8. The molecule has 0 aromatic heterocycles. The van der Waals surface area contributed by atoms with Crippen molar-refractivity contribution in [1.82, 2.24) is 10.2 Å². The second-order valence-electron chi connectivity index (χ2n) is 10.4. The van der Waals surface area contributed by atoms with E-state index in [4.69, 9.17) is 16.3 Å². The number of methoxy groups -OCH3 is 1. The first kappa shape index (κ1) is 34.0. The van der Waals surface area contributed by atoms with E-state index in [0.29, 0.717) is 33.0 Å². The highest BCUT2D eigenvalue weighted by molar-refractivity contribution is 9.10. The lowest BCUT2D eigenvalue weighted by molar-refractivity contribution is -0.140. The number of ether oxygens (including phenoxy) is 1. The Morgan fingerprint density at radius 1 is 0.933 bits per heavy atom. The largest absolute Gasteiger partial charge is 0.496 e. The van der Waals surface area contributed by atoms with Crippen LogP contribution in [-0.4, -0.2) is 51.4 Å². The van der Waals surface area contributed by atoms with Crippen LogP contribution in [0, 0.1) is 6.92 Å². The Bertz CT molecular complexity index is 1740. The molecular formula is C34H35BrClN3O5S. The Kier molecular flexibility index (Phi) is 11.7. The van der Waals surface area contributed by atoms with Crippen molar-refractivity contribution in [2.75, 3.05) is 24.5 Å². The van der Waals surface area contributed by atoms with Gasteiger partial charge in [0.05, 0.1) is 22.2 Å². The van der Waals surface area contributed by atoms with Crippen LogP contribution in [0.25, 0.3) is 0 Å². The van der Waals surface area contributed by atoms with Crippen molar-refractivity contribution in [1.29, 1.82) is 0 Å². The van der Waals surface area contributed by atoms with E-state index in [9.17, 15) is 18.0 Å². The molecule has 1 atom stereocenters. The van der Waals surface area contributed by atoms with Gasteiger partial charge in [0.1, 0.15) is 18.3 Å². The smallest absolute Gasteiger partial charge is 0.264 e. The molecule has 0 unspecified atom stereocenters. The number of sulfonamides is 1. The lowest BCUT2D eigenvalue weighted by Gasteiger charge is -2.34. The van der Waals surface area contributed by atoms with Gasteiger partial charge in [-0.2, -0.15) is 0 Å². The second-order valence-corrected chi connectivity index (χ2v) is 13.5. The van der Waals surface area contributed by atoms with Gasteiger partial charge in [-0.25, -0.2) is 8.42 Å². The van der Waals surface area contributed by atoms with E-state index in [1.165, 1.54) is 24.1 Å². The SMILES string of the molecule is CCNC(=O)[C@H](Cc1ccccc1)N(Cc1cccc(Cl)c1)C(=O)CN(c1ccc(C)cc1)S(=O)(=O)c1ccc(OC)c(Br)c1.